The van der Waals surface area contributed by atoms with Crippen molar-refractivity contribution in [1.29, 1.82) is 0 Å². The highest BCUT2D eigenvalue weighted by Crippen LogP contribution is 2.22. The van der Waals surface area contributed by atoms with E-state index >= 15 is 0 Å². The van der Waals surface area contributed by atoms with Gasteiger partial charge in [0.25, 0.3) is 0 Å². The van der Waals surface area contributed by atoms with Gasteiger partial charge in [0.15, 0.2) is 5.58 Å². The first kappa shape index (κ1) is 9.05. The van der Waals surface area contributed by atoms with Crippen molar-refractivity contribution in [3.8, 4) is 0 Å². The molecule has 0 saturated carbocycles. The van der Waals surface area contributed by atoms with Gasteiger partial charge in [-0.3, -0.25) is 0 Å². The summed E-state index contributed by atoms with van der Waals surface area (Å²) < 4.78 is 17.2. The topological polar surface area (TPSA) is 49.1 Å². The lowest BCUT2D eigenvalue weighted by molar-refractivity contribution is 0.460. The molecule has 3 nitrogen and oxygen atoms in total. The van der Waals surface area contributed by atoms with E-state index in [1.807, 2.05) is 12.1 Å². The first-order valence-electron chi connectivity index (χ1n) is 3.56. The number of rotatable bonds is 1. The number of oxazole rings is 1. The van der Waals surface area contributed by atoms with E-state index in [0.717, 1.165) is 9.99 Å². The fourth-order valence-electron chi connectivity index (χ4n) is 1.00. The van der Waals surface area contributed by atoms with Crippen LogP contribution in [0.1, 0.15) is 0 Å². The Morgan fingerprint density at radius 2 is 2.31 bits per heavy atom. The van der Waals surface area contributed by atoms with Crippen LogP contribution in [0.15, 0.2) is 32.3 Å². The Balaban J connectivity index is 2.62. The molecule has 1 heterocycles. The lowest BCUT2D eigenvalue weighted by Crippen LogP contribution is -1.96. The first-order chi connectivity index (χ1) is 6.16. The van der Waals surface area contributed by atoms with Crippen molar-refractivity contribution in [3.05, 3.63) is 22.7 Å². The van der Waals surface area contributed by atoms with Gasteiger partial charge < -0.3 is 8.97 Å². The van der Waals surface area contributed by atoms with E-state index in [-0.39, 0.29) is 5.22 Å². The van der Waals surface area contributed by atoms with Crippen LogP contribution in [0.2, 0.25) is 0 Å². The van der Waals surface area contributed by atoms with Crippen LogP contribution in [0.5, 0.6) is 0 Å². The van der Waals surface area contributed by atoms with Crippen LogP contribution < -0.4 is 0 Å². The highest BCUT2D eigenvalue weighted by atomic mass is 79.9. The maximum absolute atomic E-state index is 11.0. The van der Waals surface area contributed by atoms with Crippen LogP contribution >= 0.6 is 15.9 Å². The summed E-state index contributed by atoms with van der Waals surface area (Å²) in [7, 11) is 0. The number of nitrogens with zero attached hydrogens (tertiary/aromatic N) is 1. The monoisotopic (exact) mass is 259 g/mol. The maximum Gasteiger partial charge on any atom is 0.415 e. The van der Waals surface area contributed by atoms with Gasteiger partial charge in [-0.15, -0.1) is 0 Å². The van der Waals surface area contributed by atoms with E-state index in [2.05, 4.69) is 20.9 Å². The summed E-state index contributed by atoms with van der Waals surface area (Å²) in [5.74, 6) is 0. The standard InChI is InChI=1S/C8H6BrNO2S/c1-13(11)8-10-6-4-5(9)2-3-7(6)12-8/h2-4H,1H3. The number of halogens is 1. The number of benzene rings is 1. The van der Waals surface area contributed by atoms with Crippen LogP contribution in [0.4, 0.5) is 0 Å². The van der Waals surface area contributed by atoms with Gasteiger partial charge in [0.05, 0.1) is 0 Å². The average Bonchev–Trinajstić information content (AvgIpc) is 2.46. The molecule has 0 radical (unpaired) electrons. The fourth-order valence-corrected chi connectivity index (χ4v) is 1.79. The third kappa shape index (κ3) is 1.72. The van der Waals surface area contributed by atoms with Gasteiger partial charge in [-0.05, 0) is 18.2 Å². The highest BCUT2D eigenvalue weighted by molar-refractivity contribution is 9.10. The molecule has 13 heavy (non-hydrogen) atoms. The van der Waals surface area contributed by atoms with E-state index in [1.165, 1.54) is 0 Å². The second kappa shape index (κ2) is 3.32. The maximum atomic E-state index is 11.0. The zero-order valence-corrected chi connectivity index (χ0v) is 9.18. The molecule has 0 aliphatic heterocycles. The molecule has 0 spiro atoms. The summed E-state index contributed by atoms with van der Waals surface area (Å²) in [6.07, 6.45) is 1.54. The number of aromatic nitrogens is 1. The van der Waals surface area contributed by atoms with E-state index in [0.29, 0.717) is 5.58 Å². The molecular formula is C8H6BrNO2S. The van der Waals surface area contributed by atoms with Crippen molar-refractivity contribution in [2.45, 2.75) is 5.22 Å². The molecule has 0 bridgehead atoms. The van der Waals surface area contributed by atoms with Crippen LogP contribution in [-0.2, 0) is 11.2 Å². The molecule has 0 N–H and O–H groups in total. The van der Waals surface area contributed by atoms with E-state index in [9.17, 15) is 4.55 Å². The van der Waals surface area contributed by atoms with Crippen LogP contribution in [0, 0.1) is 0 Å². The highest BCUT2D eigenvalue weighted by Gasteiger charge is 2.13. The zero-order valence-electron chi connectivity index (χ0n) is 6.78. The molecule has 1 aromatic heterocycles. The SMILES string of the molecule is C[S+]([O-])c1nc2cc(Br)ccc2o1. The Kier molecular flexibility index (Phi) is 2.31. The molecule has 1 atom stereocenters. The number of hydrogen-bond acceptors (Lipinski definition) is 3. The quantitative estimate of drug-likeness (QED) is 0.739. The van der Waals surface area contributed by atoms with Gasteiger partial charge in [0, 0.05) is 15.6 Å². The predicted octanol–water partition coefficient (Wildman–Crippen LogP) is 2.33. The lowest BCUT2D eigenvalue weighted by Gasteiger charge is -1.93. The summed E-state index contributed by atoms with van der Waals surface area (Å²) >= 11 is 2.16. The molecule has 5 heteroatoms. The van der Waals surface area contributed by atoms with Crippen LogP contribution in [0.3, 0.4) is 0 Å². The van der Waals surface area contributed by atoms with Gasteiger partial charge >= 0.3 is 5.22 Å². The van der Waals surface area contributed by atoms with E-state index in [4.69, 9.17) is 4.42 Å². The molecule has 1 unspecified atom stereocenters. The average molecular weight is 260 g/mol. The summed E-state index contributed by atoms with van der Waals surface area (Å²) in [5, 5.41) is 0.271. The Morgan fingerprint density at radius 3 is 3.00 bits per heavy atom. The van der Waals surface area contributed by atoms with Crippen molar-refractivity contribution in [3.63, 3.8) is 0 Å². The van der Waals surface area contributed by atoms with E-state index in [1.54, 1.807) is 12.3 Å². The Morgan fingerprint density at radius 1 is 1.54 bits per heavy atom. The zero-order chi connectivity index (χ0) is 9.42. The fraction of sp³-hybridized carbons (Fsp3) is 0.125. The number of fused-ring (bicyclic) bond motifs is 1. The Hall–Kier alpha value is -0.520. The van der Waals surface area contributed by atoms with Crippen molar-refractivity contribution in [2.24, 2.45) is 0 Å². The largest absolute Gasteiger partial charge is 0.608 e. The minimum Gasteiger partial charge on any atom is -0.608 e. The van der Waals surface area contributed by atoms with Gasteiger partial charge in [0.1, 0.15) is 11.8 Å². The van der Waals surface area contributed by atoms with Crippen LogP contribution in [0.25, 0.3) is 11.1 Å². The van der Waals surface area contributed by atoms with Crippen molar-refractivity contribution in [1.82, 2.24) is 4.98 Å². The van der Waals surface area contributed by atoms with Crippen molar-refractivity contribution >= 4 is 38.2 Å². The third-order valence-corrected chi connectivity index (χ3v) is 2.74. The second-order valence-electron chi connectivity index (χ2n) is 2.55. The van der Waals surface area contributed by atoms with Gasteiger partial charge in [0.2, 0.25) is 0 Å². The minimum atomic E-state index is -1.16. The molecule has 2 aromatic rings. The minimum absolute atomic E-state index is 0.271. The molecule has 2 rings (SSSR count). The Labute approximate surface area is 86.5 Å². The third-order valence-electron chi connectivity index (χ3n) is 1.58. The molecule has 0 amide bonds. The van der Waals surface area contributed by atoms with Gasteiger partial charge in [-0.1, -0.05) is 15.9 Å². The molecule has 0 saturated heterocycles. The number of hydrogen-bond donors (Lipinski definition) is 0. The molecular weight excluding hydrogens is 254 g/mol. The normalized spacial score (nSPS) is 13.5. The van der Waals surface area contributed by atoms with Gasteiger partial charge in [-0.25, -0.2) is 0 Å². The van der Waals surface area contributed by atoms with E-state index < -0.39 is 11.2 Å². The lowest BCUT2D eigenvalue weighted by atomic mass is 10.3. The first-order valence-corrected chi connectivity index (χ1v) is 5.91. The van der Waals surface area contributed by atoms with Gasteiger partial charge in [-0.2, -0.15) is 4.98 Å². The molecule has 0 fully saturated rings. The summed E-state index contributed by atoms with van der Waals surface area (Å²) in [6, 6.07) is 5.48. The summed E-state index contributed by atoms with van der Waals surface area (Å²) in [6.45, 7) is 0. The smallest absolute Gasteiger partial charge is 0.415 e. The summed E-state index contributed by atoms with van der Waals surface area (Å²) in [4.78, 5) is 4.08. The van der Waals surface area contributed by atoms with Crippen molar-refractivity contribution < 1.29 is 8.97 Å². The van der Waals surface area contributed by atoms with Crippen molar-refractivity contribution in [2.75, 3.05) is 6.26 Å². The second-order valence-corrected chi connectivity index (χ2v) is 4.72. The Bertz CT molecular complexity index is 441. The molecule has 0 aliphatic rings. The molecule has 68 valence electrons. The molecule has 1 aromatic carbocycles. The summed E-state index contributed by atoms with van der Waals surface area (Å²) in [5.41, 5.74) is 1.38. The molecule has 0 aliphatic carbocycles. The predicted molar refractivity (Wildman–Crippen MR) is 54.0 cm³/mol. The van der Waals surface area contributed by atoms with Crippen LogP contribution in [-0.4, -0.2) is 15.8 Å².